The first kappa shape index (κ1) is 29.5. The standard InChI is InChI=1S/C34H42F6/c1-3-5-21-7-9-23(10-8-21)13-16-25-17-18-27-28-20-19-26(24-14-11-22(6-4-2)12-15-24)32(36)30(28)34(39,40)33(37,38)29(27)31(25)35/h17-24H,3-16H2,1-2H3. The summed E-state index contributed by atoms with van der Waals surface area (Å²) in [6.45, 7) is 4.29. The van der Waals surface area contributed by atoms with E-state index in [1.54, 1.807) is 0 Å². The Balaban J connectivity index is 1.42. The molecule has 5 rings (SSSR count). The van der Waals surface area contributed by atoms with Gasteiger partial charge in [-0.3, -0.25) is 0 Å². The van der Waals surface area contributed by atoms with Crippen LogP contribution in [0.5, 0.6) is 0 Å². The van der Waals surface area contributed by atoms with Crippen molar-refractivity contribution in [2.45, 2.75) is 122 Å². The Bertz CT molecular complexity index is 1190. The molecule has 0 aromatic heterocycles. The minimum Gasteiger partial charge on any atom is -0.206 e. The van der Waals surface area contributed by atoms with Crippen molar-refractivity contribution in [3.8, 4) is 11.1 Å². The van der Waals surface area contributed by atoms with Gasteiger partial charge in [0.05, 0.1) is 11.1 Å². The Morgan fingerprint density at radius 2 is 1.05 bits per heavy atom. The maximum Gasteiger partial charge on any atom is 0.343 e. The summed E-state index contributed by atoms with van der Waals surface area (Å²) in [4.78, 5) is 0. The summed E-state index contributed by atoms with van der Waals surface area (Å²) in [5, 5.41) is 0. The van der Waals surface area contributed by atoms with E-state index in [-0.39, 0.29) is 34.6 Å². The lowest BCUT2D eigenvalue weighted by Crippen LogP contribution is -2.41. The Morgan fingerprint density at radius 1 is 0.600 bits per heavy atom. The second kappa shape index (κ2) is 11.7. The van der Waals surface area contributed by atoms with E-state index in [4.69, 9.17) is 0 Å². The van der Waals surface area contributed by atoms with Gasteiger partial charge >= 0.3 is 11.8 Å². The van der Waals surface area contributed by atoms with Crippen molar-refractivity contribution in [1.29, 1.82) is 0 Å². The molecule has 0 amide bonds. The average molecular weight is 565 g/mol. The third kappa shape index (κ3) is 5.22. The molecular formula is C34H42F6. The molecule has 0 saturated heterocycles. The van der Waals surface area contributed by atoms with Gasteiger partial charge in [0, 0.05) is 0 Å². The zero-order valence-corrected chi connectivity index (χ0v) is 23.8. The van der Waals surface area contributed by atoms with Crippen LogP contribution in [-0.4, -0.2) is 0 Å². The van der Waals surface area contributed by atoms with E-state index in [0.29, 0.717) is 31.1 Å². The molecule has 0 unspecified atom stereocenters. The SMILES string of the molecule is CCCC1CCC(CCc2ccc3c(c2F)C(F)(F)C(F)(F)c2c-3ccc(C3CCC(CCC)CC3)c2F)CC1. The molecule has 0 spiro atoms. The fourth-order valence-electron chi connectivity index (χ4n) is 7.84. The predicted octanol–water partition coefficient (Wildman–Crippen LogP) is 11.4. The van der Waals surface area contributed by atoms with Crippen LogP contribution in [0.3, 0.4) is 0 Å². The van der Waals surface area contributed by atoms with E-state index < -0.39 is 34.6 Å². The molecule has 0 bridgehead atoms. The molecule has 2 saturated carbocycles. The zero-order valence-electron chi connectivity index (χ0n) is 23.8. The number of fused-ring (bicyclic) bond motifs is 3. The topological polar surface area (TPSA) is 0 Å². The summed E-state index contributed by atoms with van der Waals surface area (Å²) in [5.41, 5.74) is -3.11. The molecule has 220 valence electrons. The van der Waals surface area contributed by atoms with Crippen molar-refractivity contribution in [2.75, 3.05) is 0 Å². The van der Waals surface area contributed by atoms with Crippen molar-refractivity contribution in [2.24, 2.45) is 17.8 Å². The second-order valence-electron chi connectivity index (χ2n) is 12.7. The van der Waals surface area contributed by atoms with E-state index in [0.717, 1.165) is 63.7 Å². The molecule has 0 aliphatic heterocycles. The fourth-order valence-corrected chi connectivity index (χ4v) is 7.84. The van der Waals surface area contributed by atoms with Gasteiger partial charge in [-0.2, -0.15) is 17.6 Å². The first-order valence-corrected chi connectivity index (χ1v) is 15.5. The van der Waals surface area contributed by atoms with Gasteiger partial charge < -0.3 is 0 Å². The highest BCUT2D eigenvalue weighted by atomic mass is 19.3. The lowest BCUT2D eigenvalue weighted by molar-refractivity contribution is -0.227. The Hall–Kier alpha value is -1.98. The van der Waals surface area contributed by atoms with Crippen molar-refractivity contribution in [1.82, 2.24) is 0 Å². The minimum absolute atomic E-state index is 0.0364. The summed E-state index contributed by atoms with van der Waals surface area (Å²) < 4.78 is 93.6. The summed E-state index contributed by atoms with van der Waals surface area (Å²) in [6.07, 6.45) is 12.7. The van der Waals surface area contributed by atoms with Gasteiger partial charge in [-0.25, -0.2) is 8.78 Å². The smallest absolute Gasteiger partial charge is 0.206 e. The van der Waals surface area contributed by atoms with E-state index >= 15 is 26.3 Å². The van der Waals surface area contributed by atoms with Crippen LogP contribution >= 0.6 is 0 Å². The number of benzene rings is 2. The molecule has 2 fully saturated rings. The number of halogens is 6. The van der Waals surface area contributed by atoms with E-state index in [9.17, 15) is 0 Å². The summed E-state index contributed by atoms with van der Waals surface area (Å²) in [7, 11) is 0. The molecule has 0 N–H and O–H groups in total. The van der Waals surface area contributed by atoms with Gasteiger partial charge in [0.25, 0.3) is 0 Å². The van der Waals surface area contributed by atoms with Crippen LogP contribution in [0.2, 0.25) is 0 Å². The lowest BCUT2D eigenvalue weighted by atomic mass is 9.74. The molecule has 6 heteroatoms. The van der Waals surface area contributed by atoms with Crippen molar-refractivity contribution in [3.05, 3.63) is 58.2 Å². The maximum absolute atomic E-state index is 15.8. The molecule has 40 heavy (non-hydrogen) atoms. The highest BCUT2D eigenvalue weighted by Crippen LogP contribution is 2.60. The van der Waals surface area contributed by atoms with Gasteiger partial charge in [-0.15, -0.1) is 0 Å². The van der Waals surface area contributed by atoms with Gasteiger partial charge in [-0.1, -0.05) is 89.5 Å². The molecule has 2 aromatic carbocycles. The third-order valence-corrected chi connectivity index (χ3v) is 10.2. The lowest BCUT2D eigenvalue weighted by Gasteiger charge is -2.37. The molecule has 0 radical (unpaired) electrons. The minimum atomic E-state index is -4.86. The first-order valence-electron chi connectivity index (χ1n) is 15.5. The van der Waals surface area contributed by atoms with Crippen LogP contribution in [0.25, 0.3) is 11.1 Å². The molecule has 2 aromatic rings. The number of aryl methyl sites for hydroxylation is 1. The summed E-state index contributed by atoms with van der Waals surface area (Å²) in [6, 6.07) is 5.49. The number of rotatable bonds is 8. The molecule has 0 nitrogen and oxygen atoms in total. The molecule has 3 aliphatic carbocycles. The Labute approximate surface area is 234 Å². The number of alkyl halides is 4. The second-order valence-corrected chi connectivity index (χ2v) is 12.7. The summed E-state index contributed by atoms with van der Waals surface area (Å²) >= 11 is 0. The van der Waals surface area contributed by atoms with Crippen molar-refractivity contribution >= 4 is 0 Å². The Morgan fingerprint density at radius 3 is 1.57 bits per heavy atom. The Kier molecular flexibility index (Phi) is 8.65. The van der Waals surface area contributed by atoms with Gasteiger partial charge in [0.15, 0.2) is 0 Å². The first-order chi connectivity index (χ1) is 19.1. The van der Waals surface area contributed by atoms with Gasteiger partial charge in [0.2, 0.25) is 0 Å². The van der Waals surface area contributed by atoms with E-state index in [1.165, 1.54) is 30.7 Å². The van der Waals surface area contributed by atoms with Crippen LogP contribution in [0.15, 0.2) is 24.3 Å². The van der Waals surface area contributed by atoms with Crippen molar-refractivity contribution < 1.29 is 26.3 Å². The number of hydrogen-bond donors (Lipinski definition) is 0. The van der Waals surface area contributed by atoms with Gasteiger partial charge in [0.1, 0.15) is 11.6 Å². The highest BCUT2D eigenvalue weighted by molar-refractivity contribution is 5.77. The fraction of sp³-hybridized carbons (Fsp3) is 0.647. The predicted molar refractivity (Wildman–Crippen MR) is 148 cm³/mol. The largest absolute Gasteiger partial charge is 0.343 e. The monoisotopic (exact) mass is 564 g/mol. The molecular weight excluding hydrogens is 522 g/mol. The van der Waals surface area contributed by atoms with E-state index in [1.807, 2.05) is 0 Å². The van der Waals surface area contributed by atoms with Crippen molar-refractivity contribution in [3.63, 3.8) is 0 Å². The average Bonchev–Trinajstić information content (AvgIpc) is 2.93. The number of hydrogen-bond acceptors (Lipinski definition) is 0. The molecule has 0 heterocycles. The van der Waals surface area contributed by atoms with Crippen LogP contribution < -0.4 is 0 Å². The zero-order chi connectivity index (χ0) is 28.7. The van der Waals surface area contributed by atoms with Gasteiger partial charge in [-0.05, 0) is 84.5 Å². The summed E-state index contributed by atoms with van der Waals surface area (Å²) in [5.74, 6) is -10.9. The maximum atomic E-state index is 15.8. The molecule has 0 atom stereocenters. The normalized spacial score (nSPS) is 27.2. The highest BCUT2D eigenvalue weighted by Gasteiger charge is 2.65. The van der Waals surface area contributed by atoms with Crippen LogP contribution in [0.1, 0.15) is 125 Å². The quantitative estimate of drug-likeness (QED) is 0.280. The third-order valence-electron chi connectivity index (χ3n) is 10.2. The van der Waals surface area contributed by atoms with E-state index in [2.05, 4.69) is 13.8 Å². The van der Waals surface area contributed by atoms with Crippen LogP contribution in [0, 0.1) is 29.4 Å². The van der Waals surface area contributed by atoms with Crippen LogP contribution in [0.4, 0.5) is 26.3 Å². The van der Waals surface area contributed by atoms with Crippen LogP contribution in [-0.2, 0) is 18.3 Å². The molecule has 3 aliphatic rings.